The number of nitrogens with zero attached hydrogens (tertiary/aromatic N) is 3. The highest BCUT2D eigenvalue weighted by atomic mass is 32.2. The van der Waals surface area contributed by atoms with Crippen molar-refractivity contribution < 1.29 is 23.9 Å². The van der Waals surface area contributed by atoms with Crippen molar-refractivity contribution in [1.82, 2.24) is 14.8 Å². The number of benzene rings is 2. The zero-order chi connectivity index (χ0) is 29.6. The van der Waals surface area contributed by atoms with E-state index in [-0.39, 0.29) is 28.5 Å². The van der Waals surface area contributed by atoms with Gasteiger partial charge in [0, 0.05) is 17.5 Å². The number of aryl methyl sites for hydroxylation is 1. The van der Waals surface area contributed by atoms with E-state index in [1.165, 1.54) is 6.07 Å². The Balaban J connectivity index is 2.31. The van der Waals surface area contributed by atoms with Crippen molar-refractivity contribution in [2.75, 3.05) is 0 Å². The molecule has 1 aromatic heterocycles. The molecule has 0 N–H and O–H groups in total. The molecule has 0 bridgehead atoms. The normalized spacial score (nSPS) is 11.4. The Hall–Kier alpha value is -3.98. The summed E-state index contributed by atoms with van der Waals surface area (Å²) in [6, 6.07) is 10.6. The number of aromatic nitrogens is 3. The predicted molar refractivity (Wildman–Crippen MR) is 157 cm³/mol. The molecule has 0 fully saturated rings. The summed E-state index contributed by atoms with van der Waals surface area (Å²) >= 11 is 0.996. The van der Waals surface area contributed by atoms with Gasteiger partial charge in [-0.2, -0.15) is 0 Å². The minimum atomic E-state index is -0.464. The van der Waals surface area contributed by atoms with Crippen molar-refractivity contribution in [2.45, 2.75) is 53.6 Å². The highest BCUT2D eigenvalue weighted by Crippen LogP contribution is 2.38. The minimum absolute atomic E-state index is 0.0709. The fourth-order valence-electron chi connectivity index (χ4n) is 3.47. The molecule has 0 spiro atoms. The molecular weight excluding hydrogens is 526 g/mol. The van der Waals surface area contributed by atoms with Crippen molar-refractivity contribution in [3.63, 3.8) is 0 Å². The van der Waals surface area contributed by atoms with Gasteiger partial charge in [0.15, 0.2) is 10.9 Å². The first kappa shape index (κ1) is 30.6. The molecule has 0 saturated heterocycles. The molecule has 1 heterocycles. The lowest BCUT2D eigenvalue weighted by molar-refractivity contribution is -0.138. The monoisotopic (exact) mass is 561 g/mol. The van der Waals surface area contributed by atoms with Crippen LogP contribution >= 0.6 is 11.8 Å². The van der Waals surface area contributed by atoms with E-state index in [1.807, 2.05) is 51.1 Å². The van der Waals surface area contributed by atoms with Crippen LogP contribution in [0.5, 0.6) is 11.5 Å². The van der Waals surface area contributed by atoms with Crippen LogP contribution in [0.1, 0.15) is 52.7 Å². The van der Waals surface area contributed by atoms with E-state index in [0.717, 1.165) is 28.6 Å². The van der Waals surface area contributed by atoms with Crippen LogP contribution < -0.4 is 9.47 Å². The molecule has 40 heavy (non-hydrogen) atoms. The maximum Gasteiger partial charge on any atom is 0.313 e. The molecule has 0 aliphatic heterocycles. The summed E-state index contributed by atoms with van der Waals surface area (Å²) in [6.07, 6.45) is 5.44. The Labute approximate surface area is 239 Å². The van der Waals surface area contributed by atoms with Crippen LogP contribution in [0, 0.1) is 24.7 Å². The maximum atomic E-state index is 12.8. The first-order valence-corrected chi connectivity index (χ1v) is 13.9. The molecule has 0 amide bonds. The molecule has 0 radical (unpaired) electrons. The summed E-state index contributed by atoms with van der Waals surface area (Å²) < 4.78 is 13.0. The van der Waals surface area contributed by atoms with Crippen molar-refractivity contribution in [2.24, 2.45) is 17.8 Å². The van der Waals surface area contributed by atoms with Gasteiger partial charge in [-0.15, -0.1) is 10.2 Å². The average molecular weight is 562 g/mol. The third-order valence-corrected chi connectivity index (χ3v) is 6.92. The second-order valence-electron chi connectivity index (χ2n) is 10.1. The van der Waals surface area contributed by atoms with Gasteiger partial charge in [0.2, 0.25) is 5.16 Å². The maximum absolute atomic E-state index is 12.8. The lowest BCUT2D eigenvalue weighted by atomic mass is 10.0. The molecule has 3 rings (SSSR count). The van der Waals surface area contributed by atoms with Crippen LogP contribution in [0.3, 0.4) is 0 Å². The van der Waals surface area contributed by atoms with Gasteiger partial charge in [-0.25, -0.2) is 0 Å². The van der Waals surface area contributed by atoms with E-state index < -0.39 is 17.9 Å². The molecule has 2 aromatic carbocycles. The summed E-state index contributed by atoms with van der Waals surface area (Å²) in [5.41, 5.74) is 3.04. The van der Waals surface area contributed by atoms with E-state index in [1.54, 1.807) is 50.5 Å². The van der Waals surface area contributed by atoms with Gasteiger partial charge in [-0.3, -0.25) is 19.0 Å². The van der Waals surface area contributed by atoms with Gasteiger partial charge in [0.05, 0.1) is 23.1 Å². The first-order chi connectivity index (χ1) is 18.9. The van der Waals surface area contributed by atoms with Crippen LogP contribution in [0.2, 0.25) is 0 Å². The van der Waals surface area contributed by atoms with Crippen molar-refractivity contribution in [1.29, 1.82) is 0 Å². The Kier molecular flexibility index (Phi) is 10.2. The summed E-state index contributed by atoms with van der Waals surface area (Å²) in [7, 11) is 0. The molecule has 0 saturated carbocycles. The van der Waals surface area contributed by atoms with Crippen molar-refractivity contribution in [3.8, 4) is 28.6 Å². The fourth-order valence-corrected chi connectivity index (χ4v) is 4.25. The zero-order valence-corrected chi connectivity index (χ0v) is 24.7. The molecule has 8 nitrogen and oxygen atoms in total. The number of hydrogen-bond donors (Lipinski definition) is 0. The number of carbonyl (C=O) groups excluding carboxylic acids is 3. The Morgan fingerprint density at radius 3 is 2.23 bits per heavy atom. The third kappa shape index (κ3) is 7.15. The Bertz CT molecular complexity index is 1450. The number of allylic oxidation sites excluding steroid dienone is 2. The molecule has 0 aliphatic rings. The zero-order valence-electron chi connectivity index (χ0n) is 23.9. The number of rotatable bonds is 10. The van der Waals surface area contributed by atoms with Crippen molar-refractivity contribution >= 4 is 34.9 Å². The van der Waals surface area contributed by atoms with Crippen molar-refractivity contribution in [3.05, 3.63) is 66.3 Å². The van der Waals surface area contributed by atoms with E-state index in [2.05, 4.69) is 16.8 Å². The lowest BCUT2D eigenvalue weighted by Gasteiger charge is -2.17. The minimum Gasteiger partial charge on any atom is -0.426 e. The fraction of sp³-hybridized carbons (Fsp3) is 0.323. The predicted octanol–water partition coefficient (Wildman–Crippen LogP) is 6.84. The summed E-state index contributed by atoms with van der Waals surface area (Å²) in [6.45, 7) is 16.3. The highest BCUT2D eigenvalue weighted by molar-refractivity contribution is 8.13. The van der Waals surface area contributed by atoms with Crippen LogP contribution in [-0.4, -0.2) is 31.8 Å². The molecule has 9 heteroatoms. The second-order valence-corrected chi connectivity index (χ2v) is 11.1. The smallest absolute Gasteiger partial charge is 0.313 e. The summed E-state index contributed by atoms with van der Waals surface area (Å²) in [4.78, 5) is 37.7. The number of esters is 2. The van der Waals surface area contributed by atoms with Gasteiger partial charge in [-0.1, -0.05) is 78.5 Å². The van der Waals surface area contributed by atoms with Crippen LogP contribution in [-0.2, 0) is 14.4 Å². The van der Waals surface area contributed by atoms with E-state index in [9.17, 15) is 14.4 Å². The molecule has 0 unspecified atom stereocenters. The van der Waals surface area contributed by atoms with E-state index in [4.69, 9.17) is 9.47 Å². The average Bonchev–Trinajstić information content (AvgIpc) is 3.30. The SMILES string of the molecule is C=C/C=C\c1c(C)cccc1-n1c(SC(=O)C(C)C)nnc1-c1ccc(OC(=O)C(C)C)cc1OC(=O)C(C)C. The number of carbonyl (C=O) groups is 3. The van der Waals surface area contributed by atoms with E-state index >= 15 is 0 Å². The topological polar surface area (TPSA) is 100 Å². The molecular formula is C31H35N3O5S. The molecule has 0 atom stereocenters. The van der Waals surface area contributed by atoms with Crippen LogP contribution in [0.15, 0.2) is 60.3 Å². The third-order valence-electron chi connectivity index (χ3n) is 5.80. The number of hydrogen-bond acceptors (Lipinski definition) is 8. The van der Waals surface area contributed by atoms with Gasteiger partial charge < -0.3 is 9.47 Å². The molecule has 210 valence electrons. The van der Waals surface area contributed by atoms with E-state index in [0.29, 0.717) is 16.5 Å². The first-order valence-electron chi connectivity index (χ1n) is 13.1. The lowest BCUT2D eigenvalue weighted by Crippen LogP contribution is -2.17. The number of ether oxygens (including phenoxy) is 2. The van der Waals surface area contributed by atoms with Gasteiger partial charge in [0.25, 0.3) is 0 Å². The van der Waals surface area contributed by atoms with Gasteiger partial charge >= 0.3 is 11.9 Å². The Morgan fingerprint density at radius 2 is 1.60 bits per heavy atom. The molecule has 3 aromatic rings. The van der Waals surface area contributed by atoms with Gasteiger partial charge in [-0.05, 0) is 42.4 Å². The Morgan fingerprint density at radius 1 is 0.925 bits per heavy atom. The second kappa shape index (κ2) is 13.4. The quantitative estimate of drug-likeness (QED) is 0.115. The summed E-state index contributed by atoms with van der Waals surface area (Å²) in [5.74, 6) is -1.12. The summed E-state index contributed by atoms with van der Waals surface area (Å²) in [5, 5.41) is 9.13. The van der Waals surface area contributed by atoms with Crippen LogP contribution in [0.25, 0.3) is 23.2 Å². The molecule has 0 aliphatic carbocycles. The van der Waals surface area contributed by atoms with Gasteiger partial charge in [0.1, 0.15) is 11.5 Å². The highest BCUT2D eigenvalue weighted by Gasteiger charge is 2.26. The standard InChI is InChI=1S/C31H35N3O5S/c1-9-10-13-23-21(8)12-11-14-25(23)34-27(32-33-31(34)40-30(37)20(6)7)24-16-15-22(38-28(35)18(2)3)17-26(24)39-29(36)19(4)5/h9-20H,1H2,2-8H3/b13-10-. The van der Waals surface area contributed by atoms with Crippen LogP contribution in [0.4, 0.5) is 0 Å². The largest absolute Gasteiger partial charge is 0.426 e. The number of thioether (sulfide) groups is 1.